The van der Waals surface area contributed by atoms with Crippen LogP contribution in [-0.2, 0) is 6.54 Å². The van der Waals surface area contributed by atoms with E-state index in [1.807, 2.05) is 16.9 Å². The quantitative estimate of drug-likeness (QED) is 0.698. The Balaban J connectivity index is 1.34. The number of rotatable bonds is 5. The molecule has 0 aliphatic carbocycles. The van der Waals surface area contributed by atoms with E-state index in [-0.39, 0.29) is 0 Å². The summed E-state index contributed by atoms with van der Waals surface area (Å²) >= 11 is 0. The molecule has 1 fully saturated rings. The Labute approximate surface area is 161 Å². The van der Waals surface area contributed by atoms with Crippen molar-refractivity contribution in [3.63, 3.8) is 0 Å². The van der Waals surface area contributed by atoms with Crippen LogP contribution in [0.15, 0.2) is 54.7 Å². The van der Waals surface area contributed by atoms with Crippen molar-refractivity contribution in [3.05, 3.63) is 65.9 Å². The Morgan fingerprint density at radius 2 is 1.63 bits per heavy atom. The van der Waals surface area contributed by atoms with E-state index < -0.39 is 0 Å². The van der Waals surface area contributed by atoms with Crippen LogP contribution in [-0.4, -0.2) is 52.6 Å². The second kappa shape index (κ2) is 7.92. The van der Waals surface area contributed by atoms with Crippen LogP contribution in [0, 0.1) is 13.8 Å². The number of aryl methyl sites for hydroxylation is 1. The maximum Gasteiger partial charge on any atom is 0.0886 e. The van der Waals surface area contributed by atoms with E-state index in [1.165, 1.54) is 22.4 Å². The maximum atomic E-state index is 4.29. The molecule has 4 rings (SSSR count). The molecular formula is C22H27N5. The van der Waals surface area contributed by atoms with E-state index in [2.05, 4.69) is 76.4 Å². The van der Waals surface area contributed by atoms with Gasteiger partial charge in [-0.25, -0.2) is 4.68 Å². The smallest absolute Gasteiger partial charge is 0.0886 e. The van der Waals surface area contributed by atoms with Gasteiger partial charge in [-0.1, -0.05) is 47.7 Å². The predicted octanol–water partition coefficient (Wildman–Crippen LogP) is 3.38. The van der Waals surface area contributed by atoms with Gasteiger partial charge in [0, 0.05) is 44.0 Å². The van der Waals surface area contributed by atoms with Crippen LogP contribution in [0.25, 0.3) is 11.3 Å². The summed E-state index contributed by atoms with van der Waals surface area (Å²) in [5.74, 6) is 0. The molecule has 5 nitrogen and oxygen atoms in total. The van der Waals surface area contributed by atoms with Gasteiger partial charge in [0.2, 0.25) is 0 Å². The Kier molecular flexibility index (Phi) is 5.21. The molecule has 1 aromatic heterocycles. The SMILES string of the molecule is Cc1cccc(N2CCN(CCn3nncc3-c3ccccc3)CC2)c1C. The third-order valence-corrected chi connectivity index (χ3v) is 5.60. The van der Waals surface area contributed by atoms with Crippen molar-refractivity contribution in [1.82, 2.24) is 19.9 Å². The van der Waals surface area contributed by atoms with E-state index >= 15 is 0 Å². The van der Waals surface area contributed by atoms with Crippen molar-refractivity contribution in [1.29, 1.82) is 0 Å². The molecule has 0 bridgehead atoms. The number of piperazine rings is 1. The van der Waals surface area contributed by atoms with E-state index in [1.54, 1.807) is 0 Å². The van der Waals surface area contributed by atoms with E-state index in [9.17, 15) is 0 Å². The molecular weight excluding hydrogens is 334 g/mol. The summed E-state index contributed by atoms with van der Waals surface area (Å²) in [5, 5.41) is 8.41. The number of hydrogen-bond acceptors (Lipinski definition) is 4. The minimum atomic E-state index is 0.869. The standard InChI is InChI=1S/C22H27N5/c1-18-7-6-10-21(19(18)2)26-14-11-25(12-15-26)13-16-27-22(17-23-24-27)20-8-4-3-5-9-20/h3-10,17H,11-16H2,1-2H3. The van der Waals surface area contributed by atoms with Gasteiger partial charge in [-0.05, 0) is 31.0 Å². The zero-order chi connectivity index (χ0) is 18.6. The van der Waals surface area contributed by atoms with Crippen molar-refractivity contribution in [3.8, 4) is 11.3 Å². The summed E-state index contributed by atoms with van der Waals surface area (Å²) in [6.07, 6.45) is 1.85. The van der Waals surface area contributed by atoms with Gasteiger partial charge in [-0.3, -0.25) is 4.90 Å². The van der Waals surface area contributed by atoms with Crippen molar-refractivity contribution >= 4 is 5.69 Å². The first-order valence-corrected chi connectivity index (χ1v) is 9.70. The fourth-order valence-electron chi connectivity index (χ4n) is 3.78. The predicted molar refractivity (Wildman–Crippen MR) is 110 cm³/mol. The molecule has 0 saturated carbocycles. The van der Waals surface area contributed by atoms with Gasteiger partial charge in [0.05, 0.1) is 18.4 Å². The van der Waals surface area contributed by atoms with E-state index in [0.29, 0.717) is 0 Å². The van der Waals surface area contributed by atoms with Gasteiger partial charge >= 0.3 is 0 Å². The molecule has 0 N–H and O–H groups in total. The van der Waals surface area contributed by atoms with Crippen LogP contribution in [0.1, 0.15) is 11.1 Å². The Morgan fingerprint density at radius 3 is 2.41 bits per heavy atom. The van der Waals surface area contributed by atoms with Gasteiger partial charge in [0.25, 0.3) is 0 Å². The molecule has 27 heavy (non-hydrogen) atoms. The highest BCUT2D eigenvalue weighted by Gasteiger charge is 2.19. The first-order chi connectivity index (χ1) is 13.2. The Morgan fingerprint density at radius 1 is 0.852 bits per heavy atom. The van der Waals surface area contributed by atoms with Crippen LogP contribution >= 0.6 is 0 Å². The highest BCUT2D eigenvalue weighted by atomic mass is 15.4. The Hall–Kier alpha value is -2.66. The van der Waals surface area contributed by atoms with Crippen LogP contribution in [0.3, 0.4) is 0 Å². The highest BCUT2D eigenvalue weighted by Crippen LogP contribution is 2.24. The molecule has 0 amide bonds. The molecule has 0 spiro atoms. The molecule has 3 aromatic rings. The summed E-state index contributed by atoms with van der Waals surface area (Å²) in [6, 6.07) is 17.0. The molecule has 2 aromatic carbocycles. The summed E-state index contributed by atoms with van der Waals surface area (Å²) in [4.78, 5) is 5.04. The van der Waals surface area contributed by atoms with Crippen LogP contribution < -0.4 is 4.90 Å². The van der Waals surface area contributed by atoms with Crippen LogP contribution in [0.2, 0.25) is 0 Å². The minimum Gasteiger partial charge on any atom is -0.369 e. The summed E-state index contributed by atoms with van der Waals surface area (Å²) in [6.45, 7) is 10.6. The first kappa shape index (κ1) is 17.7. The van der Waals surface area contributed by atoms with Gasteiger partial charge in [-0.2, -0.15) is 0 Å². The molecule has 0 atom stereocenters. The van der Waals surface area contributed by atoms with Gasteiger partial charge in [0.15, 0.2) is 0 Å². The molecule has 5 heteroatoms. The second-order valence-electron chi connectivity index (χ2n) is 7.26. The third kappa shape index (κ3) is 3.88. The van der Waals surface area contributed by atoms with Gasteiger partial charge < -0.3 is 4.90 Å². The van der Waals surface area contributed by atoms with E-state index in [4.69, 9.17) is 0 Å². The average Bonchev–Trinajstić information content (AvgIpc) is 3.18. The van der Waals surface area contributed by atoms with Crippen molar-refractivity contribution in [2.45, 2.75) is 20.4 Å². The lowest BCUT2D eigenvalue weighted by Gasteiger charge is -2.37. The number of hydrogen-bond donors (Lipinski definition) is 0. The summed E-state index contributed by atoms with van der Waals surface area (Å²) in [7, 11) is 0. The number of aromatic nitrogens is 3. The topological polar surface area (TPSA) is 37.2 Å². The molecule has 140 valence electrons. The van der Waals surface area contributed by atoms with Crippen molar-refractivity contribution < 1.29 is 0 Å². The van der Waals surface area contributed by atoms with Crippen LogP contribution in [0.5, 0.6) is 0 Å². The normalized spacial score (nSPS) is 15.3. The largest absolute Gasteiger partial charge is 0.369 e. The Bertz CT molecular complexity index is 879. The maximum absolute atomic E-state index is 4.29. The molecule has 1 aliphatic rings. The summed E-state index contributed by atoms with van der Waals surface area (Å²) in [5.41, 5.74) is 6.42. The highest BCUT2D eigenvalue weighted by molar-refractivity contribution is 5.58. The lowest BCUT2D eigenvalue weighted by molar-refractivity contribution is 0.244. The molecule has 0 unspecified atom stereocenters. The molecule has 1 saturated heterocycles. The van der Waals surface area contributed by atoms with Crippen LogP contribution in [0.4, 0.5) is 5.69 Å². The first-order valence-electron chi connectivity index (χ1n) is 9.70. The fraction of sp³-hybridized carbons (Fsp3) is 0.364. The fourth-order valence-corrected chi connectivity index (χ4v) is 3.78. The number of benzene rings is 2. The number of anilines is 1. The second-order valence-corrected chi connectivity index (χ2v) is 7.26. The van der Waals surface area contributed by atoms with Gasteiger partial charge in [-0.15, -0.1) is 5.10 Å². The van der Waals surface area contributed by atoms with E-state index in [0.717, 1.165) is 45.0 Å². The lowest BCUT2D eigenvalue weighted by Crippen LogP contribution is -2.47. The minimum absolute atomic E-state index is 0.869. The third-order valence-electron chi connectivity index (χ3n) is 5.60. The lowest BCUT2D eigenvalue weighted by atomic mass is 10.1. The average molecular weight is 361 g/mol. The van der Waals surface area contributed by atoms with Gasteiger partial charge in [0.1, 0.15) is 0 Å². The zero-order valence-corrected chi connectivity index (χ0v) is 16.2. The molecule has 0 radical (unpaired) electrons. The molecule has 2 heterocycles. The monoisotopic (exact) mass is 361 g/mol. The summed E-state index contributed by atoms with van der Waals surface area (Å²) < 4.78 is 2.02. The zero-order valence-electron chi connectivity index (χ0n) is 16.2. The van der Waals surface area contributed by atoms with Crippen molar-refractivity contribution in [2.24, 2.45) is 0 Å². The number of nitrogens with zero attached hydrogens (tertiary/aromatic N) is 5. The van der Waals surface area contributed by atoms with Crippen molar-refractivity contribution in [2.75, 3.05) is 37.6 Å². The molecule has 1 aliphatic heterocycles.